The van der Waals surface area contributed by atoms with Crippen LogP contribution in [0.4, 0.5) is 5.69 Å². The van der Waals surface area contributed by atoms with Gasteiger partial charge >= 0.3 is 11.9 Å². The quantitative estimate of drug-likeness (QED) is 0.744. The Balaban J connectivity index is 2.30. The Morgan fingerprint density at radius 3 is 2.23 bits per heavy atom. The maximum Gasteiger partial charge on any atom is 0.355 e. The molecule has 0 atom stereocenters. The van der Waals surface area contributed by atoms with Crippen LogP contribution >= 0.6 is 0 Å². The van der Waals surface area contributed by atoms with Gasteiger partial charge in [0.25, 0.3) is 0 Å². The second-order valence-electron chi connectivity index (χ2n) is 7.06. The average molecular weight is 363 g/mol. The summed E-state index contributed by atoms with van der Waals surface area (Å²) < 4.78 is 20.8. The molecule has 0 radical (unpaired) electrons. The first-order valence-corrected chi connectivity index (χ1v) is 8.25. The molecule has 26 heavy (non-hydrogen) atoms. The number of benzene rings is 1. The van der Waals surface area contributed by atoms with E-state index < -0.39 is 11.9 Å². The van der Waals surface area contributed by atoms with E-state index in [-0.39, 0.29) is 30.0 Å². The Kier molecular flexibility index (Phi) is 6.26. The maximum absolute atomic E-state index is 12.3. The van der Waals surface area contributed by atoms with Crippen LogP contribution in [0.1, 0.15) is 20.8 Å². The number of carbonyl (C=O) groups excluding carboxylic acids is 2. The van der Waals surface area contributed by atoms with E-state index in [0.717, 1.165) is 5.75 Å². The van der Waals surface area contributed by atoms with Crippen molar-refractivity contribution in [3.05, 3.63) is 35.5 Å². The number of anilines is 1. The fourth-order valence-corrected chi connectivity index (χ4v) is 2.37. The topological polar surface area (TPSA) is 74.3 Å². The van der Waals surface area contributed by atoms with Gasteiger partial charge in [-0.05, 0) is 29.7 Å². The van der Waals surface area contributed by atoms with Gasteiger partial charge in [0.2, 0.25) is 0 Å². The van der Waals surface area contributed by atoms with E-state index in [1.807, 2.05) is 12.1 Å². The molecule has 1 aliphatic heterocycles. The van der Waals surface area contributed by atoms with Crippen LogP contribution in [-0.2, 0) is 23.8 Å². The van der Waals surface area contributed by atoms with Crippen molar-refractivity contribution in [3.8, 4) is 5.75 Å². The third-order valence-corrected chi connectivity index (χ3v) is 3.65. The highest BCUT2D eigenvalue weighted by Gasteiger charge is 2.32. The van der Waals surface area contributed by atoms with Gasteiger partial charge in [-0.1, -0.05) is 20.8 Å². The second-order valence-corrected chi connectivity index (χ2v) is 7.06. The lowest BCUT2D eigenvalue weighted by Crippen LogP contribution is -2.38. The third kappa shape index (κ3) is 4.76. The van der Waals surface area contributed by atoms with Crippen molar-refractivity contribution < 1.29 is 28.5 Å². The molecule has 0 aromatic heterocycles. The van der Waals surface area contributed by atoms with Gasteiger partial charge in [-0.15, -0.1) is 0 Å². The highest BCUT2D eigenvalue weighted by molar-refractivity contribution is 6.03. The number of hydrogen-bond acceptors (Lipinski definition) is 7. The zero-order valence-electron chi connectivity index (χ0n) is 15.8. The van der Waals surface area contributed by atoms with E-state index in [4.69, 9.17) is 18.9 Å². The van der Waals surface area contributed by atoms with Crippen molar-refractivity contribution in [2.24, 2.45) is 5.41 Å². The molecule has 1 aromatic carbocycles. The molecule has 0 saturated carbocycles. The van der Waals surface area contributed by atoms with Crippen LogP contribution in [0.3, 0.4) is 0 Å². The first kappa shape index (κ1) is 19.8. The lowest BCUT2D eigenvalue weighted by atomic mass is 9.99. The summed E-state index contributed by atoms with van der Waals surface area (Å²) in [5.41, 5.74) is 0.970. The predicted octanol–water partition coefficient (Wildman–Crippen LogP) is 2.51. The molecule has 0 unspecified atom stereocenters. The van der Waals surface area contributed by atoms with E-state index in [2.05, 4.69) is 20.8 Å². The van der Waals surface area contributed by atoms with Crippen LogP contribution in [0, 0.1) is 5.41 Å². The molecule has 0 saturated heterocycles. The Hall–Kier alpha value is -2.54. The number of methoxy groups -OCH3 is 2. The molecule has 142 valence electrons. The van der Waals surface area contributed by atoms with Crippen molar-refractivity contribution >= 4 is 17.6 Å². The molecule has 0 amide bonds. The minimum absolute atomic E-state index is 0.0135. The standard InChI is InChI=1S/C19H25NO6/c1-19(2,3)11-26-14-8-6-13(7-9-14)20-12-25-10-15(17(21)23-4)16(20)18(22)24-5/h6-9H,10-12H2,1-5H3. The van der Waals surface area contributed by atoms with Crippen molar-refractivity contribution in [1.82, 2.24) is 0 Å². The largest absolute Gasteiger partial charge is 0.493 e. The van der Waals surface area contributed by atoms with Gasteiger partial charge < -0.3 is 23.8 Å². The molecule has 0 aliphatic carbocycles. The monoisotopic (exact) mass is 363 g/mol. The molecule has 0 bridgehead atoms. The van der Waals surface area contributed by atoms with Crippen molar-refractivity contribution in [2.45, 2.75) is 20.8 Å². The summed E-state index contributed by atoms with van der Waals surface area (Å²) >= 11 is 0. The summed E-state index contributed by atoms with van der Waals surface area (Å²) in [6.07, 6.45) is 0. The smallest absolute Gasteiger partial charge is 0.355 e. The van der Waals surface area contributed by atoms with Crippen LogP contribution in [0.5, 0.6) is 5.75 Å². The van der Waals surface area contributed by atoms with Crippen molar-refractivity contribution in [1.29, 1.82) is 0 Å². The number of hydrogen-bond donors (Lipinski definition) is 0. The van der Waals surface area contributed by atoms with E-state index in [1.165, 1.54) is 14.2 Å². The molecule has 1 heterocycles. The van der Waals surface area contributed by atoms with Gasteiger partial charge in [-0.25, -0.2) is 9.59 Å². The summed E-state index contributed by atoms with van der Waals surface area (Å²) in [7, 11) is 2.52. The lowest BCUT2D eigenvalue weighted by molar-refractivity contribution is -0.140. The summed E-state index contributed by atoms with van der Waals surface area (Å²) in [6.45, 7) is 6.96. The zero-order valence-corrected chi connectivity index (χ0v) is 15.8. The fraction of sp³-hybridized carbons (Fsp3) is 0.474. The Bertz CT molecular complexity index is 687. The Labute approximate surface area is 153 Å². The third-order valence-electron chi connectivity index (χ3n) is 3.65. The molecule has 0 N–H and O–H groups in total. The summed E-state index contributed by atoms with van der Waals surface area (Å²) in [5, 5.41) is 0. The number of ether oxygens (including phenoxy) is 4. The van der Waals surface area contributed by atoms with Gasteiger partial charge in [0, 0.05) is 5.69 Å². The van der Waals surface area contributed by atoms with Crippen molar-refractivity contribution in [3.63, 3.8) is 0 Å². The van der Waals surface area contributed by atoms with Crippen molar-refractivity contribution in [2.75, 3.05) is 39.1 Å². The number of nitrogens with zero attached hydrogens (tertiary/aromatic N) is 1. The van der Waals surface area contributed by atoms with Crippen LogP contribution in [0.15, 0.2) is 35.5 Å². The molecule has 0 fully saturated rings. The SMILES string of the molecule is COC(=O)C1=C(C(=O)OC)N(c2ccc(OCC(C)(C)C)cc2)COC1. The Morgan fingerprint density at radius 2 is 1.69 bits per heavy atom. The van der Waals surface area contributed by atoms with Crippen LogP contribution in [0.2, 0.25) is 0 Å². The van der Waals surface area contributed by atoms with E-state index in [1.54, 1.807) is 17.0 Å². The second kappa shape index (κ2) is 8.23. The van der Waals surface area contributed by atoms with Crippen LogP contribution in [0.25, 0.3) is 0 Å². The first-order chi connectivity index (χ1) is 12.3. The molecule has 1 aliphatic rings. The highest BCUT2D eigenvalue weighted by Crippen LogP contribution is 2.28. The normalized spacial score (nSPS) is 14.9. The minimum atomic E-state index is -0.625. The number of rotatable bonds is 5. The minimum Gasteiger partial charge on any atom is -0.493 e. The molecule has 7 heteroatoms. The molecule has 1 aromatic rings. The maximum atomic E-state index is 12.3. The predicted molar refractivity (Wildman–Crippen MR) is 95.7 cm³/mol. The highest BCUT2D eigenvalue weighted by atomic mass is 16.5. The van der Waals surface area contributed by atoms with Gasteiger partial charge in [-0.3, -0.25) is 0 Å². The van der Waals surface area contributed by atoms with E-state index in [9.17, 15) is 9.59 Å². The van der Waals surface area contributed by atoms with Gasteiger partial charge in [0.1, 0.15) is 18.2 Å². The van der Waals surface area contributed by atoms with Gasteiger partial charge in [-0.2, -0.15) is 0 Å². The average Bonchev–Trinajstić information content (AvgIpc) is 2.64. The first-order valence-electron chi connectivity index (χ1n) is 8.25. The van der Waals surface area contributed by atoms with Gasteiger partial charge in [0.15, 0.2) is 0 Å². The van der Waals surface area contributed by atoms with Gasteiger partial charge in [0.05, 0.1) is 33.0 Å². The van der Waals surface area contributed by atoms with E-state index in [0.29, 0.717) is 12.3 Å². The zero-order chi connectivity index (χ0) is 19.3. The molecule has 0 spiro atoms. The molecule has 2 rings (SSSR count). The molecular formula is C19H25NO6. The Morgan fingerprint density at radius 1 is 1.08 bits per heavy atom. The number of esters is 2. The van der Waals surface area contributed by atoms with Crippen LogP contribution < -0.4 is 9.64 Å². The molecular weight excluding hydrogens is 338 g/mol. The number of carbonyl (C=O) groups is 2. The van der Waals surface area contributed by atoms with Crippen LogP contribution in [-0.4, -0.2) is 46.1 Å². The van der Waals surface area contributed by atoms with E-state index >= 15 is 0 Å². The summed E-state index contributed by atoms with van der Waals surface area (Å²) in [5.74, 6) is -0.527. The fourth-order valence-electron chi connectivity index (χ4n) is 2.37. The molecule has 7 nitrogen and oxygen atoms in total. The summed E-state index contributed by atoms with van der Waals surface area (Å²) in [6, 6.07) is 7.21. The lowest BCUT2D eigenvalue weighted by Gasteiger charge is -2.31. The summed E-state index contributed by atoms with van der Waals surface area (Å²) in [4.78, 5) is 25.8.